The molecule has 1 aromatic rings. The maximum atomic E-state index is 8.98. The molecule has 0 saturated carbocycles. The van der Waals surface area contributed by atoms with E-state index in [0.717, 1.165) is 26.1 Å². The molecule has 0 bridgehead atoms. The summed E-state index contributed by atoms with van der Waals surface area (Å²) >= 11 is 0. The average molecular weight is 276 g/mol. The Bertz CT molecular complexity index is 429. The first-order chi connectivity index (χ1) is 9.72. The Morgan fingerprint density at radius 1 is 1.35 bits per heavy atom. The van der Waals surface area contributed by atoms with Gasteiger partial charge in [-0.15, -0.1) is 0 Å². The fourth-order valence-corrected chi connectivity index (χ4v) is 2.17. The fourth-order valence-electron chi connectivity index (χ4n) is 2.17. The molecule has 0 amide bonds. The Hall–Kier alpha value is -1.57. The van der Waals surface area contributed by atoms with E-state index in [1.165, 1.54) is 0 Å². The van der Waals surface area contributed by atoms with Gasteiger partial charge >= 0.3 is 0 Å². The van der Waals surface area contributed by atoms with Crippen LogP contribution in [-0.2, 0) is 4.74 Å². The summed E-state index contributed by atoms with van der Waals surface area (Å²) in [6.07, 6.45) is 0.932. The topological polar surface area (TPSA) is 45.5 Å². The van der Waals surface area contributed by atoms with Crippen molar-refractivity contribution in [2.24, 2.45) is 0 Å². The Balaban J connectivity index is 2.35. The molecule has 0 fully saturated rings. The minimum absolute atomic E-state index is 0.413. The van der Waals surface area contributed by atoms with Gasteiger partial charge in [-0.05, 0) is 32.0 Å². The minimum atomic E-state index is 0.413. The lowest BCUT2D eigenvalue weighted by atomic mass is 10.2. The van der Waals surface area contributed by atoms with Gasteiger partial charge in [0.25, 0.3) is 0 Å². The number of ether oxygens (including phenoxy) is 2. The van der Waals surface area contributed by atoms with E-state index in [4.69, 9.17) is 14.7 Å². The number of para-hydroxylation sites is 1. The third-order valence-electron chi connectivity index (χ3n) is 3.29. The average Bonchev–Trinajstić information content (AvgIpc) is 2.48. The van der Waals surface area contributed by atoms with Crippen molar-refractivity contribution in [1.29, 1.82) is 5.26 Å². The number of likely N-dealkylation sites (N-methyl/N-ethyl adjacent to an activating group) is 1. The van der Waals surface area contributed by atoms with Crippen molar-refractivity contribution in [2.75, 3.05) is 33.4 Å². The van der Waals surface area contributed by atoms with Crippen LogP contribution in [0.3, 0.4) is 0 Å². The summed E-state index contributed by atoms with van der Waals surface area (Å²) in [5, 5.41) is 8.98. The second-order valence-corrected chi connectivity index (χ2v) is 4.74. The van der Waals surface area contributed by atoms with E-state index in [2.05, 4.69) is 24.8 Å². The van der Waals surface area contributed by atoms with Gasteiger partial charge < -0.3 is 9.47 Å². The van der Waals surface area contributed by atoms with Crippen LogP contribution in [0.25, 0.3) is 0 Å². The molecule has 0 aromatic heterocycles. The van der Waals surface area contributed by atoms with Crippen LogP contribution in [0.4, 0.5) is 0 Å². The van der Waals surface area contributed by atoms with E-state index in [0.29, 0.717) is 24.0 Å². The standard InChI is InChI=1S/C16H24N2O2/c1-4-18(14(2)13-19-3)10-7-11-20-16-9-6-5-8-15(16)12-17/h5-6,8-9,14H,4,7,10-11,13H2,1-3H3. The van der Waals surface area contributed by atoms with Gasteiger partial charge in [0.1, 0.15) is 11.8 Å². The van der Waals surface area contributed by atoms with Crippen molar-refractivity contribution >= 4 is 0 Å². The Labute approximate surface area is 121 Å². The largest absolute Gasteiger partial charge is 0.492 e. The van der Waals surface area contributed by atoms with Crippen molar-refractivity contribution < 1.29 is 9.47 Å². The molecule has 4 nitrogen and oxygen atoms in total. The summed E-state index contributed by atoms with van der Waals surface area (Å²) in [4.78, 5) is 2.36. The Morgan fingerprint density at radius 3 is 2.75 bits per heavy atom. The lowest BCUT2D eigenvalue weighted by Crippen LogP contribution is -2.37. The number of nitrogens with zero attached hydrogens (tertiary/aromatic N) is 2. The first kappa shape index (κ1) is 16.5. The van der Waals surface area contributed by atoms with Crippen LogP contribution in [0.15, 0.2) is 24.3 Å². The zero-order valence-corrected chi connectivity index (χ0v) is 12.6. The van der Waals surface area contributed by atoms with Gasteiger partial charge in [-0.25, -0.2) is 0 Å². The fraction of sp³-hybridized carbons (Fsp3) is 0.562. The molecule has 1 unspecified atom stereocenters. The smallest absolute Gasteiger partial charge is 0.137 e. The van der Waals surface area contributed by atoms with Crippen LogP contribution in [0.2, 0.25) is 0 Å². The van der Waals surface area contributed by atoms with Gasteiger partial charge in [0.15, 0.2) is 0 Å². The summed E-state index contributed by atoms with van der Waals surface area (Å²) in [6.45, 7) is 7.65. The molecule has 0 heterocycles. The number of hydrogen-bond acceptors (Lipinski definition) is 4. The highest BCUT2D eigenvalue weighted by molar-refractivity contribution is 5.42. The van der Waals surface area contributed by atoms with E-state index in [1.54, 1.807) is 13.2 Å². The van der Waals surface area contributed by atoms with Gasteiger partial charge in [0.2, 0.25) is 0 Å². The molecular weight excluding hydrogens is 252 g/mol. The second-order valence-electron chi connectivity index (χ2n) is 4.74. The van der Waals surface area contributed by atoms with Crippen molar-refractivity contribution in [3.05, 3.63) is 29.8 Å². The molecule has 0 radical (unpaired) electrons. The van der Waals surface area contributed by atoms with E-state index in [9.17, 15) is 0 Å². The molecular formula is C16H24N2O2. The number of rotatable bonds is 9. The van der Waals surface area contributed by atoms with E-state index in [1.807, 2.05) is 18.2 Å². The zero-order valence-electron chi connectivity index (χ0n) is 12.6. The summed E-state index contributed by atoms with van der Waals surface area (Å²) in [6, 6.07) is 9.89. The molecule has 0 aliphatic rings. The number of hydrogen-bond donors (Lipinski definition) is 0. The molecule has 1 aromatic carbocycles. The number of nitriles is 1. The number of benzene rings is 1. The van der Waals surface area contributed by atoms with Crippen molar-refractivity contribution in [1.82, 2.24) is 4.90 Å². The molecule has 4 heteroatoms. The highest BCUT2D eigenvalue weighted by Crippen LogP contribution is 2.16. The predicted octanol–water partition coefficient (Wildman–Crippen LogP) is 2.68. The number of methoxy groups -OCH3 is 1. The van der Waals surface area contributed by atoms with Gasteiger partial charge in [-0.3, -0.25) is 4.90 Å². The summed E-state index contributed by atoms with van der Waals surface area (Å²) in [5.41, 5.74) is 0.590. The lowest BCUT2D eigenvalue weighted by molar-refractivity contribution is 0.0985. The maximum Gasteiger partial charge on any atom is 0.137 e. The highest BCUT2D eigenvalue weighted by Gasteiger charge is 2.11. The van der Waals surface area contributed by atoms with Crippen molar-refractivity contribution in [3.63, 3.8) is 0 Å². The molecule has 110 valence electrons. The first-order valence-electron chi connectivity index (χ1n) is 7.07. The van der Waals surface area contributed by atoms with Crippen LogP contribution in [0.5, 0.6) is 5.75 Å². The van der Waals surface area contributed by atoms with E-state index in [-0.39, 0.29) is 0 Å². The van der Waals surface area contributed by atoms with Gasteiger partial charge in [0.05, 0.1) is 18.8 Å². The van der Waals surface area contributed by atoms with Gasteiger partial charge in [0, 0.05) is 19.7 Å². The predicted molar refractivity (Wildman–Crippen MR) is 79.9 cm³/mol. The quantitative estimate of drug-likeness (QED) is 0.651. The minimum Gasteiger partial charge on any atom is -0.492 e. The Morgan fingerprint density at radius 2 is 2.10 bits per heavy atom. The van der Waals surface area contributed by atoms with Crippen molar-refractivity contribution in [2.45, 2.75) is 26.3 Å². The van der Waals surface area contributed by atoms with E-state index >= 15 is 0 Å². The van der Waals surface area contributed by atoms with E-state index < -0.39 is 0 Å². The molecule has 0 saturated heterocycles. The third kappa shape index (κ3) is 5.20. The summed E-state index contributed by atoms with van der Waals surface area (Å²) < 4.78 is 10.9. The first-order valence-corrected chi connectivity index (χ1v) is 7.07. The van der Waals surface area contributed by atoms with Crippen LogP contribution >= 0.6 is 0 Å². The molecule has 1 rings (SSSR count). The lowest BCUT2D eigenvalue weighted by Gasteiger charge is -2.27. The maximum absolute atomic E-state index is 8.98. The van der Waals surface area contributed by atoms with Crippen LogP contribution < -0.4 is 4.74 Å². The molecule has 0 N–H and O–H groups in total. The third-order valence-corrected chi connectivity index (χ3v) is 3.29. The Kier molecular flexibility index (Phi) is 7.71. The van der Waals surface area contributed by atoms with Crippen molar-refractivity contribution in [3.8, 4) is 11.8 Å². The normalized spacial score (nSPS) is 12.2. The van der Waals surface area contributed by atoms with Gasteiger partial charge in [-0.1, -0.05) is 19.1 Å². The monoisotopic (exact) mass is 276 g/mol. The molecule has 1 atom stereocenters. The van der Waals surface area contributed by atoms with Crippen LogP contribution in [0, 0.1) is 11.3 Å². The highest BCUT2D eigenvalue weighted by atomic mass is 16.5. The summed E-state index contributed by atoms with van der Waals surface area (Å²) in [7, 11) is 1.73. The SMILES string of the molecule is CCN(CCCOc1ccccc1C#N)C(C)COC. The summed E-state index contributed by atoms with van der Waals surface area (Å²) in [5.74, 6) is 0.669. The molecule has 0 aliphatic carbocycles. The molecule has 20 heavy (non-hydrogen) atoms. The second kappa shape index (κ2) is 9.35. The van der Waals surface area contributed by atoms with Crippen LogP contribution in [-0.4, -0.2) is 44.4 Å². The van der Waals surface area contributed by atoms with Crippen LogP contribution in [0.1, 0.15) is 25.8 Å². The van der Waals surface area contributed by atoms with Gasteiger partial charge in [-0.2, -0.15) is 5.26 Å². The molecule has 0 spiro atoms. The zero-order chi connectivity index (χ0) is 14.8. The molecule has 0 aliphatic heterocycles.